The van der Waals surface area contributed by atoms with Crippen molar-refractivity contribution in [2.45, 2.75) is 32.3 Å². The van der Waals surface area contributed by atoms with E-state index in [1.54, 1.807) is 14.2 Å². The number of nitrogens with two attached hydrogens (primary N) is 1. The summed E-state index contributed by atoms with van der Waals surface area (Å²) in [5, 5.41) is 0. The summed E-state index contributed by atoms with van der Waals surface area (Å²) in [6.07, 6.45) is 3.62. The van der Waals surface area contributed by atoms with E-state index in [9.17, 15) is 0 Å². The summed E-state index contributed by atoms with van der Waals surface area (Å²) < 4.78 is 16.7. The van der Waals surface area contributed by atoms with Crippen LogP contribution in [-0.2, 0) is 0 Å². The van der Waals surface area contributed by atoms with Crippen molar-refractivity contribution < 1.29 is 14.2 Å². The highest BCUT2D eigenvalue weighted by molar-refractivity contribution is 5.42. The van der Waals surface area contributed by atoms with Gasteiger partial charge in [0.05, 0.1) is 14.2 Å². The molecule has 3 unspecified atom stereocenters. The number of methoxy groups -OCH3 is 2. The number of rotatable bonds is 5. The lowest BCUT2D eigenvalue weighted by Gasteiger charge is -2.34. The van der Waals surface area contributed by atoms with Crippen LogP contribution >= 0.6 is 0 Å². The first-order valence-corrected chi connectivity index (χ1v) is 7.26. The maximum Gasteiger partial charge on any atom is 0.127 e. The molecule has 20 heavy (non-hydrogen) atoms. The van der Waals surface area contributed by atoms with E-state index in [2.05, 4.69) is 6.92 Å². The standard InChI is InChI=1S/C16H25NO3/c1-11-4-5-12(10-17)16(6-11)20-15-8-13(18-2)7-14(9-15)19-3/h7-9,11-12,16H,4-6,10,17H2,1-3H3. The molecule has 0 amide bonds. The molecule has 1 aromatic carbocycles. The molecule has 0 aliphatic heterocycles. The normalized spacial score (nSPS) is 26.1. The van der Waals surface area contributed by atoms with Crippen LogP contribution in [0.25, 0.3) is 0 Å². The van der Waals surface area contributed by atoms with E-state index >= 15 is 0 Å². The maximum absolute atomic E-state index is 6.17. The monoisotopic (exact) mass is 279 g/mol. The van der Waals surface area contributed by atoms with Gasteiger partial charge in [0.25, 0.3) is 0 Å². The van der Waals surface area contributed by atoms with E-state index in [0.717, 1.165) is 30.1 Å². The lowest BCUT2D eigenvalue weighted by Crippen LogP contribution is -2.37. The third-order valence-electron chi connectivity index (χ3n) is 4.11. The molecule has 2 N–H and O–H groups in total. The van der Waals surface area contributed by atoms with E-state index in [4.69, 9.17) is 19.9 Å². The second kappa shape index (κ2) is 6.84. The molecule has 3 atom stereocenters. The van der Waals surface area contributed by atoms with Gasteiger partial charge in [-0.1, -0.05) is 13.3 Å². The smallest absolute Gasteiger partial charge is 0.127 e. The lowest BCUT2D eigenvalue weighted by molar-refractivity contribution is 0.0738. The molecule has 1 aromatic rings. The first kappa shape index (κ1) is 15.0. The minimum absolute atomic E-state index is 0.181. The van der Waals surface area contributed by atoms with Crippen LogP contribution in [0.1, 0.15) is 26.2 Å². The topological polar surface area (TPSA) is 53.7 Å². The molecule has 2 rings (SSSR count). The molecule has 0 heterocycles. The number of hydrogen-bond donors (Lipinski definition) is 1. The lowest BCUT2D eigenvalue weighted by atomic mass is 9.80. The third kappa shape index (κ3) is 3.57. The Morgan fingerprint density at radius 1 is 1.05 bits per heavy atom. The van der Waals surface area contributed by atoms with Crippen molar-refractivity contribution >= 4 is 0 Å². The predicted molar refractivity (Wildman–Crippen MR) is 79.5 cm³/mol. The molecular formula is C16H25NO3. The van der Waals surface area contributed by atoms with Gasteiger partial charge >= 0.3 is 0 Å². The Kier molecular flexibility index (Phi) is 5.12. The van der Waals surface area contributed by atoms with Gasteiger partial charge in [0, 0.05) is 24.1 Å². The molecule has 0 radical (unpaired) electrons. The van der Waals surface area contributed by atoms with Crippen LogP contribution in [0.3, 0.4) is 0 Å². The Bertz CT molecular complexity index is 413. The van der Waals surface area contributed by atoms with Crippen LogP contribution in [0.2, 0.25) is 0 Å². The van der Waals surface area contributed by atoms with Gasteiger partial charge in [0.1, 0.15) is 23.4 Å². The zero-order valence-corrected chi connectivity index (χ0v) is 12.6. The van der Waals surface area contributed by atoms with Crippen LogP contribution < -0.4 is 19.9 Å². The van der Waals surface area contributed by atoms with Gasteiger partial charge < -0.3 is 19.9 Å². The molecule has 112 valence electrons. The largest absolute Gasteiger partial charge is 0.496 e. The summed E-state index contributed by atoms with van der Waals surface area (Å²) in [7, 11) is 3.29. The summed E-state index contributed by atoms with van der Waals surface area (Å²) >= 11 is 0. The van der Waals surface area contributed by atoms with Gasteiger partial charge in [-0.05, 0) is 25.3 Å². The summed E-state index contributed by atoms with van der Waals surface area (Å²) in [5.74, 6) is 3.40. The Hall–Kier alpha value is -1.42. The molecule has 1 aliphatic carbocycles. The third-order valence-corrected chi connectivity index (χ3v) is 4.11. The molecule has 4 heteroatoms. The average Bonchev–Trinajstić information content (AvgIpc) is 2.47. The zero-order chi connectivity index (χ0) is 14.5. The van der Waals surface area contributed by atoms with E-state index in [1.807, 2.05) is 18.2 Å². The molecule has 1 saturated carbocycles. The maximum atomic E-state index is 6.17. The SMILES string of the molecule is COc1cc(OC)cc(OC2CC(C)CCC2CN)c1. The molecule has 0 bridgehead atoms. The zero-order valence-electron chi connectivity index (χ0n) is 12.6. The van der Waals surface area contributed by atoms with Crippen molar-refractivity contribution in [3.8, 4) is 17.2 Å². The van der Waals surface area contributed by atoms with Crippen molar-refractivity contribution in [2.24, 2.45) is 17.6 Å². The van der Waals surface area contributed by atoms with E-state index < -0.39 is 0 Å². The van der Waals surface area contributed by atoms with Gasteiger partial charge in [-0.15, -0.1) is 0 Å². The van der Waals surface area contributed by atoms with Crippen molar-refractivity contribution in [2.75, 3.05) is 20.8 Å². The summed E-state index contributed by atoms with van der Waals surface area (Å²) in [4.78, 5) is 0. The van der Waals surface area contributed by atoms with E-state index in [-0.39, 0.29) is 6.10 Å². The van der Waals surface area contributed by atoms with Crippen molar-refractivity contribution in [3.63, 3.8) is 0 Å². The highest BCUT2D eigenvalue weighted by Crippen LogP contribution is 2.34. The Morgan fingerprint density at radius 2 is 1.65 bits per heavy atom. The number of hydrogen-bond acceptors (Lipinski definition) is 4. The van der Waals surface area contributed by atoms with Gasteiger partial charge in [-0.25, -0.2) is 0 Å². The minimum atomic E-state index is 0.181. The van der Waals surface area contributed by atoms with Crippen molar-refractivity contribution in [1.29, 1.82) is 0 Å². The van der Waals surface area contributed by atoms with Gasteiger partial charge in [-0.3, -0.25) is 0 Å². The Morgan fingerprint density at radius 3 is 2.20 bits per heavy atom. The van der Waals surface area contributed by atoms with Gasteiger partial charge in [0.2, 0.25) is 0 Å². The van der Waals surface area contributed by atoms with Crippen LogP contribution in [0, 0.1) is 11.8 Å². The minimum Gasteiger partial charge on any atom is -0.496 e. The molecule has 0 saturated heterocycles. The van der Waals surface area contributed by atoms with Crippen molar-refractivity contribution in [3.05, 3.63) is 18.2 Å². The fourth-order valence-corrected chi connectivity index (χ4v) is 2.83. The molecule has 0 aromatic heterocycles. The van der Waals surface area contributed by atoms with Crippen molar-refractivity contribution in [1.82, 2.24) is 0 Å². The first-order chi connectivity index (χ1) is 9.66. The molecular weight excluding hydrogens is 254 g/mol. The number of benzene rings is 1. The summed E-state index contributed by atoms with van der Waals surface area (Å²) in [6, 6.07) is 5.64. The molecule has 0 spiro atoms. The fraction of sp³-hybridized carbons (Fsp3) is 0.625. The Balaban J connectivity index is 2.14. The van der Waals surface area contributed by atoms with Gasteiger partial charge in [-0.2, -0.15) is 0 Å². The van der Waals surface area contributed by atoms with Gasteiger partial charge in [0.15, 0.2) is 0 Å². The molecule has 1 aliphatic rings. The second-order valence-corrected chi connectivity index (χ2v) is 5.62. The van der Waals surface area contributed by atoms with E-state index in [0.29, 0.717) is 18.4 Å². The fourth-order valence-electron chi connectivity index (χ4n) is 2.83. The van der Waals surface area contributed by atoms with E-state index in [1.165, 1.54) is 6.42 Å². The quantitative estimate of drug-likeness (QED) is 0.900. The van der Waals surface area contributed by atoms with Crippen LogP contribution in [0.15, 0.2) is 18.2 Å². The van der Waals surface area contributed by atoms with Crippen LogP contribution in [0.4, 0.5) is 0 Å². The first-order valence-electron chi connectivity index (χ1n) is 7.26. The van der Waals surface area contributed by atoms with Crippen LogP contribution in [-0.4, -0.2) is 26.9 Å². The second-order valence-electron chi connectivity index (χ2n) is 5.62. The predicted octanol–water partition coefficient (Wildman–Crippen LogP) is 2.85. The Labute approximate surface area is 121 Å². The highest BCUT2D eigenvalue weighted by Gasteiger charge is 2.29. The molecule has 1 fully saturated rings. The average molecular weight is 279 g/mol. The highest BCUT2D eigenvalue weighted by atomic mass is 16.5. The summed E-state index contributed by atoms with van der Waals surface area (Å²) in [6.45, 7) is 2.95. The molecule has 4 nitrogen and oxygen atoms in total. The summed E-state index contributed by atoms with van der Waals surface area (Å²) in [5.41, 5.74) is 5.88. The van der Waals surface area contributed by atoms with Crippen LogP contribution in [0.5, 0.6) is 17.2 Å². The number of ether oxygens (including phenoxy) is 3.